The van der Waals surface area contributed by atoms with E-state index in [-0.39, 0.29) is 18.4 Å². The summed E-state index contributed by atoms with van der Waals surface area (Å²) in [7, 11) is 0. The van der Waals surface area contributed by atoms with E-state index in [2.05, 4.69) is 21.8 Å². The van der Waals surface area contributed by atoms with Crippen molar-refractivity contribution >= 4 is 5.82 Å². The Hall–Kier alpha value is -1.83. The van der Waals surface area contributed by atoms with Crippen LogP contribution in [0.5, 0.6) is 6.01 Å². The standard InChI is InChI=1S/C8H8FN3O/c1-2-3-4-13-8-11-5-6(9)7(10)12-8/h5H,4H2,1H3,(H2,10,11,12). The van der Waals surface area contributed by atoms with Gasteiger partial charge >= 0.3 is 6.01 Å². The molecule has 68 valence electrons. The third kappa shape index (κ3) is 2.60. The largest absolute Gasteiger partial charge is 0.450 e. The molecule has 4 nitrogen and oxygen atoms in total. The molecule has 0 aliphatic carbocycles. The Bertz CT molecular complexity index is 356. The molecule has 0 aliphatic heterocycles. The minimum absolute atomic E-state index is 0.0293. The lowest BCUT2D eigenvalue weighted by atomic mass is 10.6. The fourth-order valence-corrected chi connectivity index (χ4v) is 0.606. The van der Waals surface area contributed by atoms with Gasteiger partial charge in [-0.1, -0.05) is 5.92 Å². The zero-order chi connectivity index (χ0) is 9.68. The average molecular weight is 181 g/mol. The zero-order valence-corrected chi connectivity index (χ0v) is 7.04. The fourth-order valence-electron chi connectivity index (χ4n) is 0.606. The molecule has 13 heavy (non-hydrogen) atoms. The van der Waals surface area contributed by atoms with Crippen molar-refractivity contribution in [3.05, 3.63) is 12.0 Å². The second kappa shape index (κ2) is 4.26. The van der Waals surface area contributed by atoms with Gasteiger partial charge < -0.3 is 10.5 Å². The van der Waals surface area contributed by atoms with Crippen molar-refractivity contribution in [2.75, 3.05) is 12.3 Å². The molecule has 0 spiro atoms. The van der Waals surface area contributed by atoms with Crippen molar-refractivity contribution in [2.45, 2.75) is 6.92 Å². The van der Waals surface area contributed by atoms with Crippen LogP contribution in [0, 0.1) is 17.7 Å². The molecular formula is C8H8FN3O. The first kappa shape index (κ1) is 9.26. The lowest BCUT2D eigenvalue weighted by molar-refractivity contribution is 0.338. The summed E-state index contributed by atoms with van der Waals surface area (Å²) in [4.78, 5) is 7.10. The Morgan fingerprint density at radius 3 is 3.08 bits per heavy atom. The molecule has 0 atom stereocenters. The van der Waals surface area contributed by atoms with Gasteiger partial charge in [0.2, 0.25) is 0 Å². The van der Waals surface area contributed by atoms with E-state index in [0.29, 0.717) is 0 Å². The van der Waals surface area contributed by atoms with Crippen molar-refractivity contribution in [3.63, 3.8) is 0 Å². The molecule has 0 saturated carbocycles. The zero-order valence-electron chi connectivity index (χ0n) is 7.04. The number of hydrogen-bond donors (Lipinski definition) is 1. The van der Waals surface area contributed by atoms with Crippen LogP contribution < -0.4 is 10.5 Å². The Morgan fingerprint density at radius 1 is 1.69 bits per heavy atom. The van der Waals surface area contributed by atoms with Gasteiger partial charge in [-0.15, -0.1) is 5.92 Å². The first-order valence-corrected chi connectivity index (χ1v) is 3.54. The third-order valence-electron chi connectivity index (χ3n) is 1.20. The highest BCUT2D eigenvalue weighted by molar-refractivity contribution is 5.29. The topological polar surface area (TPSA) is 61.0 Å². The van der Waals surface area contributed by atoms with Crippen LogP contribution in [-0.4, -0.2) is 16.6 Å². The smallest absolute Gasteiger partial charge is 0.319 e. The minimum Gasteiger partial charge on any atom is -0.450 e. The SMILES string of the molecule is CC#CCOc1ncc(F)c(N)n1. The van der Waals surface area contributed by atoms with Crippen LogP contribution in [0.4, 0.5) is 10.2 Å². The molecule has 0 radical (unpaired) electrons. The number of rotatable bonds is 2. The number of nitrogens with two attached hydrogens (primary N) is 1. The van der Waals surface area contributed by atoms with Crippen LogP contribution in [0.2, 0.25) is 0 Å². The van der Waals surface area contributed by atoms with Crippen LogP contribution in [0.25, 0.3) is 0 Å². The molecule has 1 heterocycles. The number of nitrogens with zero attached hydrogens (tertiary/aromatic N) is 2. The monoisotopic (exact) mass is 181 g/mol. The van der Waals surface area contributed by atoms with Crippen LogP contribution in [0.3, 0.4) is 0 Å². The molecule has 0 fully saturated rings. The van der Waals surface area contributed by atoms with Crippen molar-refractivity contribution < 1.29 is 9.13 Å². The molecular weight excluding hydrogens is 173 g/mol. The highest BCUT2D eigenvalue weighted by Crippen LogP contribution is 2.08. The number of ether oxygens (including phenoxy) is 1. The summed E-state index contributed by atoms with van der Waals surface area (Å²) >= 11 is 0. The number of anilines is 1. The summed E-state index contributed by atoms with van der Waals surface area (Å²) in [6, 6.07) is 0.0293. The lowest BCUT2D eigenvalue weighted by Crippen LogP contribution is -2.03. The molecule has 2 N–H and O–H groups in total. The van der Waals surface area contributed by atoms with E-state index in [1.54, 1.807) is 6.92 Å². The predicted molar refractivity (Wildman–Crippen MR) is 45.3 cm³/mol. The van der Waals surface area contributed by atoms with Gasteiger partial charge in [0.05, 0.1) is 6.20 Å². The normalized spacial score (nSPS) is 8.77. The number of halogens is 1. The third-order valence-corrected chi connectivity index (χ3v) is 1.20. The maximum atomic E-state index is 12.6. The first-order chi connectivity index (χ1) is 6.24. The van der Waals surface area contributed by atoms with Crippen molar-refractivity contribution in [1.82, 2.24) is 9.97 Å². The Labute approximate surface area is 74.9 Å². The van der Waals surface area contributed by atoms with Crippen LogP contribution in [-0.2, 0) is 0 Å². The Morgan fingerprint density at radius 2 is 2.46 bits per heavy atom. The van der Waals surface area contributed by atoms with E-state index in [1.807, 2.05) is 0 Å². The quantitative estimate of drug-likeness (QED) is 0.678. The summed E-state index contributed by atoms with van der Waals surface area (Å²) in [6.07, 6.45) is 0.955. The predicted octanol–water partition coefficient (Wildman–Crippen LogP) is 0.600. The number of aromatic nitrogens is 2. The molecule has 0 aromatic carbocycles. The maximum Gasteiger partial charge on any atom is 0.319 e. The summed E-state index contributed by atoms with van der Waals surface area (Å²) < 4.78 is 17.5. The molecule has 0 saturated heterocycles. The van der Waals surface area contributed by atoms with E-state index in [0.717, 1.165) is 6.20 Å². The summed E-state index contributed by atoms with van der Waals surface area (Å²) in [6.45, 7) is 1.85. The van der Waals surface area contributed by atoms with Crippen LogP contribution in [0.1, 0.15) is 6.92 Å². The van der Waals surface area contributed by atoms with E-state index >= 15 is 0 Å². The second-order valence-corrected chi connectivity index (χ2v) is 2.10. The van der Waals surface area contributed by atoms with Gasteiger partial charge in [-0.3, -0.25) is 0 Å². The molecule has 0 unspecified atom stereocenters. The molecule has 0 aliphatic rings. The highest BCUT2D eigenvalue weighted by Gasteiger charge is 2.02. The molecule has 0 bridgehead atoms. The van der Waals surface area contributed by atoms with Gasteiger partial charge in [-0.25, -0.2) is 9.37 Å². The van der Waals surface area contributed by atoms with E-state index in [1.165, 1.54) is 0 Å². The van der Waals surface area contributed by atoms with Gasteiger partial charge in [-0.2, -0.15) is 4.98 Å². The van der Waals surface area contributed by atoms with Gasteiger partial charge in [0.1, 0.15) is 0 Å². The molecule has 1 aromatic rings. The molecule has 0 amide bonds. The number of hydrogen-bond acceptors (Lipinski definition) is 4. The Kier molecular flexibility index (Phi) is 3.03. The van der Waals surface area contributed by atoms with Crippen LogP contribution >= 0.6 is 0 Å². The van der Waals surface area contributed by atoms with Gasteiger partial charge in [0.25, 0.3) is 0 Å². The summed E-state index contributed by atoms with van der Waals surface area (Å²) in [5, 5.41) is 0. The lowest BCUT2D eigenvalue weighted by Gasteiger charge is -2.00. The van der Waals surface area contributed by atoms with Gasteiger partial charge in [-0.05, 0) is 6.92 Å². The fraction of sp³-hybridized carbons (Fsp3) is 0.250. The molecule has 1 aromatic heterocycles. The summed E-state index contributed by atoms with van der Waals surface area (Å²) in [5.41, 5.74) is 5.18. The molecule has 1 rings (SSSR count). The van der Waals surface area contributed by atoms with Gasteiger partial charge in [0.15, 0.2) is 18.2 Å². The van der Waals surface area contributed by atoms with E-state index < -0.39 is 5.82 Å². The van der Waals surface area contributed by atoms with Gasteiger partial charge in [0, 0.05) is 0 Å². The van der Waals surface area contributed by atoms with Crippen LogP contribution in [0.15, 0.2) is 6.20 Å². The second-order valence-electron chi connectivity index (χ2n) is 2.10. The average Bonchev–Trinajstić information content (AvgIpc) is 2.12. The van der Waals surface area contributed by atoms with E-state index in [4.69, 9.17) is 10.5 Å². The first-order valence-electron chi connectivity index (χ1n) is 3.54. The Balaban J connectivity index is 2.66. The maximum absolute atomic E-state index is 12.6. The molecule has 5 heteroatoms. The number of nitrogen functional groups attached to an aromatic ring is 1. The van der Waals surface area contributed by atoms with Crippen molar-refractivity contribution in [2.24, 2.45) is 0 Å². The highest BCUT2D eigenvalue weighted by atomic mass is 19.1. The van der Waals surface area contributed by atoms with E-state index in [9.17, 15) is 4.39 Å². The van der Waals surface area contributed by atoms with Crippen molar-refractivity contribution in [3.8, 4) is 17.9 Å². The van der Waals surface area contributed by atoms with Crippen molar-refractivity contribution in [1.29, 1.82) is 0 Å². The minimum atomic E-state index is -0.658. The summed E-state index contributed by atoms with van der Waals surface area (Å²) in [5.74, 6) is 4.39.